The Morgan fingerprint density at radius 1 is 0.489 bits per heavy atom. The molecule has 212 valence electrons. The molecular weight excluding hydrogens is 550 g/mol. The van der Waals surface area contributed by atoms with Crippen LogP contribution in [0.15, 0.2) is 168 Å². The highest BCUT2D eigenvalue weighted by atomic mass is 16.3. The second-order valence-corrected chi connectivity index (χ2v) is 11.3. The average molecular weight is 578 g/mol. The second kappa shape index (κ2) is 10.2. The van der Waals surface area contributed by atoms with Gasteiger partial charge in [0.25, 0.3) is 0 Å². The lowest BCUT2D eigenvalue weighted by Crippen LogP contribution is -2.10. The van der Waals surface area contributed by atoms with Gasteiger partial charge in [0, 0.05) is 44.5 Å². The number of nitrogens with zero attached hydrogens (tertiary/aromatic N) is 3. The van der Waals surface area contributed by atoms with Crippen molar-refractivity contribution in [1.82, 2.24) is 9.55 Å². The van der Waals surface area contributed by atoms with E-state index in [0.29, 0.717) is 5.89 Å². The monoisotopic (exact) mass is 577 g/mol. The number of hydrogen-bond donors (Lipinski definition) is 0. The van der Waals surface area contributed by atoms with Crippen LogP contribution in [0.25, 0.3) is 60.8 Å². The number of benzene rings is 7. The van der Waals surface area contributed by atoms with Crippen molar-refractivity contribution >= 4 is 60.7 Å². The molecule has 4 heteroatoms. The summed E-state index contributed by atoms with van der Waals surface area (Å²) in [4.78, 5) is 7.11. The number of oxazole rings is 1. The van der Waals surface area contributed by atoms with E-state index in [-0.39, 0.29) is 0 Å². The quantitative estimate of drug-likeness (QED) is 0.204. The van der Waals surface area contributed by atoms with Gasteiger partial charge in [-0.2, -0.15) is 0 Å². The molecule has 0 unspecified atom stereocenters. The lowest BCUT2D eigenvalue weighted by Gasteiger charge is -2.26. The third-order valence-electron chi connectivity index (χ3n) is 8.60. The Morgan fingerprint density at radius 2 is 1.07 bits per heavy atom. The first kappa shape index (κ1) is 25.4. The molecule has 2 heterocycles. The standard InChI is InChI=1S/C41H27N3O/c1-3-11-29(12-4-1)41-42-37-26-20-28-19-21-33(27-36(28)40(37)45-41)43(30-13-5-2-6-14-30)31-22-24-32(25-23-31)44-38-17-9-7-15-34(38)35-16-8-10-18-39(35)44/h1-27H. The zero-order valence-electron chi connectivity index (χ0n) is 24.3. The molecule has 4 nitrogen and oxygen atoms in total. The number of hydrogen-bond acceptors (Lipinski definition) is 3. The fourth-order valence-corrected chi connectivity index (χ4v) is 6.51. The molecule has 0 saturated carbocycles. The van der Waals surface area contributed by atoms with E-state index >= 15 is 0 Å². The SMILES string of the molecule is c1ccc(-c2nc3ccc4ccc(N(c5ccccc5)c5ccc(-n6c7ccccc7c7ccccc76)cc5)cc4c3o2)cc1. The first-order valence-electron chi connectivity index (χ1n) is 15.1. The molecule has 0 radical (unpaired) electrons. The van der Waals surface area contributed by atoms with Crippen molar-refractivity contribution in [3.8, 4) is 17.1 Å². The molecule has 2 aromatic heterocycles. The number of aromatic nitrogens is 2. The molecule has 0 fully saturated rings. The molecule has 7 aromatic carbocycles. The van der Waals surface area contributed by atoms with E-state index in [0.717, 1.165) is 50.2 Å². The van der Waals surface area contributed by atoms with Crippen molar-refractivity contribution in [3.63, 3.8) is 0 Å². The molecule has 0 atom stereocenters. The molecule has 0 aliphatic carbocycles. The maximum absolute atomic E-state index is 6.41. The first-order valence-corrected chi connectivity index (χ1v) is 15.1. The van der Waals surface area contributed by atoms with E-state index in [1.165, 1.54) is 21.8 Å². The van der Waals surface area contributed by atoms with Crippen molar-refractivity contribution in [1.29, 1.82) is 0 Å². The van der Waals surface area contributed by atoms with E-state index in [1.54, 1.807) is 0 Å². The van der Waals surface area contributed by atoms with Crippen LogP contribution in [0.3, 0.4) is 0 Å². The minimum atomic E-state index is 0.629. The third kappa shape index (κ3) is 4.19. The Labute approximate surface area is 260 Å². The van der Waals surface area contributed by atoms with Crippen LogP contribution in [0, 0.1) is 0 Å². The summed E-state index contributed by atoms with van der Waals surface area (Å²) in [6.07, 6.45) is 0. The molecule has 0 saturated heterocycles. The number of fused-ring (bicyclic) bond motifs is 6. The Morgan fingerprint density at radius 3 is 1.78 bits per heavy atom. The maximum atomic E-state index is 6.41. The summed E-state index contributed by atoms with van der Waals surface area (Å²) in [5.41, 5.74) is 9.33. The summed E-state index contributed by atoms with van der Waals surface area (Å²) in [5, 5.41) is 4.65. The predicted octanol–water partition coefficient (Wildman–Crippen LogP) is 11.2. The predicted molar refractivity (Wildman–Crippen MR) is 186 cm³/mol. The Kier molecular flexibility index (Phi) is 5.78. The van der Waals surface area contributed by atoms with Crippen molar-refractivity contribution in [2.24, 2.45) is 0 Å². The minimum Gasteiger partial charge on any atom is -0.435 e. The largest absolute Gasteiger partial charge is 0.435 e. The van der Waals surface area contributed by atoms with Gasteiger partial charge in [-0.05, 0) is 84.2 Å². The van der Waals surface area contributed by atoms with Crippen LogP contribution in [-0.2, 0) is 0 Å². The van der Waals surface area contributed by atoms with Gasteiger partial charge in [-0.25, -0.2) is 4.98 Å². The second-order valence-electron chi connectivity index (χ2n) is 11.3. The summed E-state index contributed by atoms with van der Waals surface area (Å²) < 4.78 is 8.76. The molecule has 0 aliphatic heterocycles. The number of para-hydroxylation sites is 3. The molecule has 45 heavy (non-hydrogen) atoms. The summed E-state index contributed by atoms with van der Waals surface area (Å²) in [6.45, 7) is 0. The van der Waals surface area contributed by atoms with Gasteiger partial charge in [0.15, 0.2) is 5.58 Å². The highest BCUT2D eigenvalue weighted by Crippen LogP contribution is 2.39. The van der Waals surface area contributed by atoms with Crippen LogP contribution < -0.4 is 4.90 Å². The fraction of sp³-hybridized carbons (Fsp3) is 0. The van der Waals surface area contributed by atoms with E-state index in [2.05, 4.69) is 137 Å². The Hall–Kier alpha value is -6.13. The van der Waals surface area contributed by atoms with Gasteiger partial charge in [0.1, 0.15) is 5.52 Å². The third-order valence-corrected chi connectivity index (χ3v) is 8.60. The van der Waals surface area contributed by atoms with Gasteiger partial charge in [-0.3, -0.25) is 0 Å². The van der Waals surface area contributed by atoms with E-state index in [1.807, 2.05) is 36.4 Å². The van der Waals surface area contributed by atoms with Crippen LogP contribution in [0.1, 0.15) is 0 Å². The van der Waals surface area contributed by atoms with Crippen LogP contribution >= 0.6 is 0 Å². The van der Waals surface area contributed by atoms with Crippen molar-refractivity contribution in [2.45, 2.75) is 0 Å². The molecule has 0 aliphatic rings. The van der Waals surface area contributed by atoms with E-state index < -0.39 is 0 Å². The van der Waals surface area contributed by atoms with Gasteiger partial charge < -0.3 is 13.9 Å². The van der Waals surface area contributed by atoms with Crippen LogP contribution in [0.2, 0.25) is 0 Å². The molecule has 0 amide bonds. The molecule has 9 rings (SSSR count). The van der Waals surface area contributed by atoms with Gasteiger partial charge in [-0.15, -0.1) is 0 Å². The lowest BCUT2D eigenvalue weighted by atomic mass is 10.1. The van der Waals surface area contributed by atoms with Crippen LogP contribution in [-0.4, -0.2) is 9.55 Å². The molecule has 9 aromatic rings. The summed E-state index contributed by atoms with van der Waals surface area (Å²) in [7, 11) is 0. The Bertz CT molecular complexity index is 2420. The molecule has 0 N–H and O–H groups in total. The summed E-state index contributed by atoms with van der Waals surface area (Å²) >= 11 is 0. The normalized spacial score (nSPS) is 11.6. The van der Waals surface area contributed by atoms with E-state index in [9.17, 15) is 0 Å². The molecule has 0 spiro atoms. The summed E-state index contributed by atoms with van der Waals surface area (Å²) in [6, 6.07) is 57.4. The topological polar surface area (TPSA) is 34.2 Å². The lowest BCUT2D eigenvalue weighted by molar-refractivity contribution is 0.623. The van der Waals surface area contributed by atoms with Gasteiger partial charge >= 0.3 is 0 Å². The average Bonchev–Trinajstić information content (AvgIpc) is 3.70. The summed E-state index contributed by atoms with van der Waals surface area (Å²) in [5.74, 6) is 0.629. The highest BCUT2D eigenvalue weighted by molar-refractivity contribution is 6.09. The molecular formula is C41H27N3O. The Balaban J connectivity index is 1.19. The highest BCUT2D eigenvalue weighted by Gasteiger charge is 2.17. The molecule has 0 bridgehead atoms. The maximum Gasteiger partial charge on any atom is 0.227 e. The van der Waals surface area contributed by atoms with Gasteiger partial charge in [-0.1, -0.05) is 84.9 Å². The van der Waals surface area contributed by atoms with Gasteiger partial charge in [0.05, 0.1) is 11.0 Å². The van der Waals surface area contributed by atoms with Crippen molar-refractivity contribution in [3.05, 3.63) is 164 Å². The van der Waals surface area contributed by atoms with Crippen LogP contribution in [0.4, 0.5) is 17.1 Å². The first-order chi connectivity index (χ1) is 22.3. The fourth-order valence-electron chi connectivity index (χ4n) is 6.51. The van der Waals surface area contributed by atoms with Crippen molar-refractivity contribution < 1.29 is 4.42 Å². The zero-order chi connectivity index (χ0) is 29.7. The minimum absolute atomic E-state index is 0.629. The van der Waals surface area contributed by atoms with Crippen molar-refractivity contribution in [2.75, 3.05) is 4.90 Å². The van der Waals surface area contributed by atoms with Gasteiger partial charge in [0.2, 0.25) is 5.89 Å². The van der Waals surface area contributed by atoms with Crippen LogP contribution in [0.5, 0.6) is 0 Å². The van der Waals surface area contributed by atoms with E-state index in [4.69, 9.17) is 9.40 Å². The smallest absolute Gasteiger partial charge is 0.227 e. The number of rotatable bonds is 5. The number of anilines is 3. The zero-order valence-corrected chi connectivity index (χ0v) is 24.3.